The van der Waals surface area contributed by atoms with Crippen LogP contribution in [0.2, 0.25) is 0 Å². The summed E-state index contributed by atoms with van der Waals surface area (Å²) >= 11 is 0. The second-order valence-electron chi connectivity index (χ2n) is 5.77. The van der Waals surface area contributed by atoms with Crippen LogP contribution in [0.4, 0.5) is 5.69 Å². The highest BCUT2D eigenvalue weighted by Crippen LogP contribution is 2.15. The summed E-state index contributed by atoms with van der Waals surface area (Å²) in [5, 5.41) is 4.37. The summed E-state index contributed by atoms with van der Waals surface area (Å²) in [4.78, 5) is 2.54. The largest absolute Gasteiger partial charge is 0.299 e. The van der Waals surface area contributed by atoms with Crippen LogP contribution in [-0.2, 0) is 6.54 Å². The van der Waals surface area contributed by atoms with Crippen molar-refractivity contribution in [3.8, 4) is 0 Å². The Hall–Kier alpha value is -2.13. The summed E-state index contributed by atoms with van der Waals surface area (Å²) in [6.07, 6.45) is 5.95. The summed E-state index contributed by atoms with van der Waals surface area (Å²) in [6, 6.07) is 18.6. The quantitative estimate of drug-likeness (QED) is 0.663. The number of nitrogens with zero attached hydrogens (tertiary/aromatic N) is 2. The Bertz CT molecular complexity index is 601. The topological polar surface area (TPSA) is 27.6 Å². The number of piperidine rings is 1. The van der Waals surface area contributed by atoms with Crippen LogP contribution in [0.5, 0.6) is 0 Å². The van der Waals surface area contributed by atoms with E-state index in [0.717, 1.165) is 12.2 Å². The molecule has 3 nitrogen and oxygen atoms in total. The number of hydrogen-bond donors (Lipinski definition) is 1. The fourth-order valence-electron chi connectivity index (χ4n) is 2.85. The molecular weight excluding hydrogens is 270 g/mol. The molecule has 22 heavy (non-hydrogen) atoms. The maximum atomic E-state index is 4.37. The Balaban J connectivity index is 1.65. The van der Waals surface area contributed by atoms with Crippen molar-refractivity contribution in [2.24, 2.45) is 5.10 Å². The molecular formula is C19H23N3. The number of nitrogens with one attached hydrogen (secondary N) is 1. The molecule has 1 saturated heterocycles. The molecule has 0 saturated carbocycles. The van der Waals surface area contributed by atoms with Crippen LogP contribution in [0, 0.1) is 0 Å². The Morgan fingerprint density at radius 1 is 0.909 bits per heavy atom. The zero-order valence-corrected chi connectivity index (χ0v) is 12.9. The van der Waals surface area contributed by atoms with Gasteiger partial charge in [0.25, 0.3) is 0 Å². The number of hydrogen-bond acceptors (Lipinski definition) is 3. The van der Waals surface area contributed by atoms with Crippen molar-refractivity contribution in [2.45, 2.75) is 25.8 Å². The first-order chi connectivity index (χ1) is 10.9. The Labute approximate surface area is 132 Å². The molecule has 114 valence electrons. The lowest BCUT2D eigenvalue weighted by atomic mass is 10.1. The van der Waals surface area contributed by atoms with Crippen molar-refractivity contribution < 1.29 is 0 Å². The minimum Gasteiger partial charge on any atom is -0.299 e. The molecule has 0 amide bonds. The predicted molar refractivity (Wildman–Crippen MR) is 93.2 cm³/mol. The highest BCUT2D eigenvalue weighted by molar-refractivity contribution is 5.82. The normalized spacial score (nSPS) is 16.0. The summed E-state index contributed by atoms with van der Waals surface area (Å²) in [5.74, 6) is 0. The summed E-state index contributed by atoms with van der Waals surface area (Å²) < 4.78 is 0. The summed E-state index contributed by atoms with van der Waals surface area (Å²) in [6.45, 7) is 3.45. The van der Waals surface area contributed by atoms with Gasteiger partial charge in [-0.15, -0.1) is 0 Å². The molecule has 1 aliphatic rings. The first kappa shape index (κ1) is 14.8. The predicted octanol–water partition coefficient (Wildman–Crippen LogP) is 4.12. The van der Waals surface area contributed by atoms with Gasteiger partial charge in [0.15, 0.2) is 0 Å². The van der Waals surface area contributed by atoms with Gasteiger partial charge in [0.1, 0.15) is 0 Å². The molecule has 2 aromatic carbocycles. The minimum atomic E-state index is 1.01. The molecule has 0 aliphatic carbocycles. The average molecular weight is 293 g/mol. The first-order valence-corrected chi connectivity index (χ1v) is 8.06. The van der Waals surface area contributed by atoms with Crippen molar-refractivity contribution in [2.75, 3.05) is 18.5 Å². The molecule has 0 radical (unpaired) electrons. The van der Waals surface area contributed by atoms with E-state index in [9.17, 15) is 0 Å². The Morgan fingerprint density at radius 3 is 2.45 bits per heavy atom. The van der Waals surface area contributed by atoms with Gasteiger partial charge in [-0.05, 0) is 49.2 Å². The number of rotatable bonds is 5. The summed E-state index contributed by atoms with van der Waals surface area (Å²) in [5.41, 5.74) is 6.63. The average Bonchev–Trinajstić information content (AvgIpc) is 2.58. The number of para-hydroxylation sites is 1. The molecule has 0 atom stereocenters. The minimum absolute atomic E-state index is 1.01. The molecule has 1 aliphatic heterocycles. The lowest BCUT2D eigenvalue weighted by Gasteiger charge is -2.26. The van der Waals surface area contributed by atoms with E-state index >= 15 is 0 Å². The molecule has 2 aromatic rings. The highest BCUT2D eigenvalue weighted by Gasteiger charge is 2.11. The molecule has 1 N–H and O–H groups in total. The van der Waals surface area contributed by atoms with E-state index in [1.54, 1.807) is 0 Å². The van der Waals surface area contributed by atoms with Gasteiger partial charge in [-0.25, -0.2) is 0 Å². The van der Waals surface area contributed by atoms with E-state index < -0.39 is 0 Å². The third kappa shape index (κ3) is 4.18. The number of hydrazone groups is 1. The van der Waals surface area contributed by atoms with Crippen molar-refractivity contribution in [3.63, 3.8) is 0 Å². The van der Waals surface area contributed by atoms with Crippen molar-refractivity contribution in [1.82, 2.24) is 4.90 Å². The zero-order valence-electron chi connectivity index (χ0n) is 12.9. The van der Waals surface area contributed by atoms with Crippen molar-refractivity contribution >= 4 is 11.9 Å². The van der Waals surface area contributed by atoms with E-state index in [1.165, 1.54) is 43.5 Å². The maximum Gasteiger partial charge on any atom is 0.0561 e. The van der Waals surface area contributed by atoms with Gasteiger partial charge in [-0.1, -0.05) is 48.9 Å². The SMILES string of the molecule is C(=NNc1ccccc1)c1ccccc1CN1CCCCC1. The Kier molecular flexibility index (Phi) is 5.22. The van der Waals surface area contributed by atoms with Crippen LogP contribution in [0.15, 0.2) is 59.7 Å². The Morgan fingerprint density at radius 2 is 1.64 bits per heavy atom. The number of benzene rings is 2. The number of likely N-dealkylation sites (tertiary alicyclic amines) is 1. The maximum absolute atomic E-state index is 4.37. The molecule has 0 spiro atoms. The van der Waals surface area contributed by atoms with Gasteiger partial charge in [0.2, 0.25) is 0 Å². The number of anilines is 1. The fraction of sp³-hybridized carbons (Fsp3) is 0.316. The van der Waals surface area contributed by atoms with E-state index in [0.29, 0.717) is 0 Å². The van der Waals surface area contributed by atoms with Gasteiger partial charge in [-0.2, -0.15) is 5.10 Å². The van der Waals surface area contributed by atoms with Gasteiger partial charge in [-0.3, -0.25) is 10.3 Å². The fourth-order valence-corrected chi connectivity index (χ4v) is 2.85. The second kappa shape index (κ2) is 7.76. The lowest BCUT2D eigenvalue weighted by molar-refractivity contribution is 0.221. The van der Waals surface area contributed by atoms with Crippen molar-refractivity contribution in [3.05, 3.63) is 65.7 Å². The smallest absolute Gasteiger partial charge is 0.0561 e. The molecule has 3 heteroatoms. The highest BCUT2D eigenvalue weighted by atomic mass is 15.3. The third-order valence-corrected chi connectivity index (χ3v) is 4.07. The van der Waals surface area contributed by atoms with E-state index in [4.69, 9.17) is 0 Å². The van der Waals surface area contributed by atoms with Gasteiger partial charge >= 0.3 is 0 Å². The lowest BCUT2D eigenvalue weighted by Crippen LogP contribution is -2.29. The first-order valence-electron chi connectivity index (χ1n) is 8.06. The molecule has 1 fully saturated rings. The standard InChI is InChI=1S/C19H23N3/c1-3-11-19(12-4-1)21-20-15-17-9-5-6-10-18(17)16-22-13-7-2-8-14-22/h1,3-6,9-12,15,21H,2,7-8,13-14,16H2. The second-order valence-corrected chi connectivity index (χ2v) is 5.77. The monoisotopic (exact) mass is 293 g/mol. The van der Waals surface area contributed by atoms with Gasteiger partial charge < -0.3 is 0 Å². The van der Waals surface area contributed by atoms with E-state index in [-0.39, 0.29) is 0 Å². The van der Waals surface area contributed by atoms with Crippen LogP contribution in [0.25, 0.3) is 0 Å². The molecule has 0 unspecified atom stereocenters. The van der Waals surface area contributed by atoms with Crippen LogP contribution in [0.3, 0.4) is 0 Å². The molecule has 3 rings (SSSR count). The molecule has 0 aromatic heterocycles. The van der Waals surface area contributed by atoms with Crippen LogP contribution < -0.4 is 5.43 Å². The van der Waals surface area contributed by atoms with Crippen LogP contribution in [0.1, 0.15) is 30.4 Å². The zero-order chi connectivity index (χ0) is 15.0. The van der Waals surface area contributed by atoms with Crippen molar-refractivity contribution in [1.29, 1.82) is 0 Å². The van der Waals surface area contributed by atoms with Gasteiger partial charge in [0, 0.05) is 6.54 Å². The molecule has 0 bridgehead atoms. The van der Waals surface area contributed by atoms with E-state index in [2.05, 4.69) is 39.7 Å². The van der Waals surface area contributed by atoms with E-state index in [1.807, 2.05) is 36.5 Å². The summed E-state index contributed by atoms with van der Waals surface area (Å²) in [7, 11) is 0. The van der Waals surface area contributed by atoms with Gasteiger partial charge in [0.05, 0.1) is 11.9 Å². The van der Waals surface area contributed by atoms with Crippen LogP contribution in [-0.4, -0.2) is 24.2 Å². The van der Waals surface area contributed by atoms with Crippen LogP contribution >= 0.6 is 0 Å². The molecule has 1 heterocycles. The third-order valence-electron chi connectivity index (χ3n) is 4.07.